The minimum absolute atomic E-state index is 0.0220. The molecular formula is C17H29N3O3. The summed E-state index contributed by atoms with van der Waals surface area (Å²) in [7, 11) is 0. The highest BCUT2D eigenvalue weighted by Gasteiger charge is 2.24. The molecule has 0 saturated carbocycles. The number of amides is 1. The van der Waals surface area contributed by atoms with E-state index in [1.807, 2.05) is 20.8 Å². The summed E-state index contributed by atoms with van der Waals surface area (Å²) in [6, 6.07) is 0.337. The van der Waals surface area contributed by atoms with Gasteiger partial charge in [-0.25, -0.2) is 0 Å². The topological polar surface area (TPSA) is 78.6 Å². The SMILES string of the molecule is Cc1noc(C)c1C(C)C(=O)NCCCCN1CCCC1CO. The van der Waals surface area contributed by atoms with Gasteiger partial charge >= 0.3 is 0 Å². The molecule has 2 atom stereocenters. The van der Waals surface area contributed by atoms with Crippen molar-refractivity contribution in [3.63, 3.8) is 0 Å². The summed E-state index contributed by atoms with van der Waals surface area (Å²) in [4.78, 5) is 14.6. The van der Waals surface area contributed by atoms with Crippen molar-refractivity contribution in [1.82, 2.24) is 15.4 Å². The largest absolute Gasteiger partial charge is 0.395 e. The Labute approximate surface area is 138 Å². The number of hydrogen-bond donors (Lipinski definition) is 2. The molecule has 2 heterocycles. The van der Waals surface area contributed by atoms with Crippen molar-refractivity contribution >= 4 is 5.91 Å². The Morgan fingerprint density at radius 1 is 1.48 bits per heavy atom. The van der Waals surface area contributed by atoms with Gasteiger partial charge in [0.2, 0.25) is 5.91 Å². The zero-order valence-corrected chi connectivity index (χ0v) is 14.5. The van der Waals surface area contributed by atoms with Gasteiger partial charge in [0.1, 0.15) is 5.76 Å². The predicted octanol–water partition coefficient (Wildman–Crippen LogP) is 1.75. The molecule has 2 N–H and O–H groups in total. The highest BCUT2D eigenvalue weighted by atomic mass is 16.5. The third kappa shape index (κ3) is 4.54. The van der Waals surface area contributed by atoms with Gasteiger partial charge in [0, 0.05) is 18.2 Å². The number of likely N-dealkylation sites (tertiary alicyclic amines) is 1. The van der Waals surface area contributed by atoms with E-state index in [2.05, 4.69) is 15.4 Å². The Kier molecular flexibility index (Phi) is 6.59. The first kappa shape index (κ1) is 17.9. The van der Waals surface area contributed by atoms with Crippen LogP contribution in [0, 0.1) is 13.8 Å². The van der Waals surface area contributed by atoms with E-state index in [1.54, 1.807) is 0 Å². The number of rotatable bonds is 8. The van der Waals surface area contributed by atoms with Crippen LogP contribution < -0.4 is 5.32 Å². The monoisotopic (exact) mass is 323 g/mol. The lowest BCUT2D eigenvalue weighted by Gasteiger charge is -2.22. The number of carbonyl (C=O) groups is 1. The maximum atomic E-state index is 12.2. The molecule has 0 radical (unpaired) electrons. The molecule has 1 saturated heterocycles. The highest BCUT2D eigenvalue weighted by Crippen LogP contribution is 2.23. The fourth-order valence-corrected chi connectivity index (χ4v) is 3.44. The standard InChI is InChI=1S/C17H29N3O3/c1-12(16-13(2)19-23-14(16)3)17(22)18-8-4-5-9-20-10-6-7-15(20)11-21/h12,15,21H,4-11H2,1-3H3,(H,18,22). The minimum Gasteiger partial charge on any atom is -0.395 e. The number of aliphatic hydroxyl groups is 1. The lowest BCUT2D eigenvalue weighted by atomic mass is 9.99. The summed E-state index contributed by atoms with van der Waals surface area (Å²) < 4.78 is 5.13. The number of nitrogens with zero attached hydrogens (tertiary/aromatic N) is 2. The number of carbonyl (C=O) groups excluding carboxylic acids is 1. The number of unbranched alkanes of at least 4 members (excludes halogenated alkanes) is 1. The molecule has 0 aliphatic carbocycles. The molecule has 2 rings (SSSR count). The van der Waals surface area contributed by atoms with Gasteiger partial charge in [-0.1, -0.05) is 5.16 Å². The molecule has 6 heteroatoms. The molecule has 1 aromatic rings. The molecule has 6 nitrogen and oxygen atoms in total. The molecule has 0 aromatic carbocycles. The summed E-state index contributed by atoms with van der Waals surface area (Å²) in [5.41, 5.74) is 1.68. The number of aliphatic hydroxyl groups excluding tert-OH is 1. The molecular weight excluding hydrogens is 294 g/mol. The Bertz CT molecular complexity index is 496. The van der Waals surface area contributed by atoms with Crippen LogP contribution in [-0.4, -0.2) is 53.4 Å². The summed E-state index contributed by atoms with van der Waals surface area (Å²) in [6.45, 7) is 8.62. The second-order valence-electron chi connectivity index (χ2n) is 6.47. The van der Waals surface area contributed by atoms with Gasteiger partial charge in [-0.05, 0) is 59.5 Å². The second-order valence-corrected chi connectivity index (χ2v) is 6.47. The summed E-state index contributed by atoms with van der Waals surface area (Å²) >= 11 is 0. The zero-order valence-electron chi connectivity index (χ0n) is 14.5. The van der Waals surface area contributed by atoms with Crippen molar-refractivity contribution in [3.05, 3.63) is 17.0 Å². The van der Waals surface area contributed by atoms with E-state index < -0.39 is 0 Å². The van der Waals surface area contributed by atoms with E-state index in [1.165, 1.54) is 6.42 Å². The van der Waals surface area contributed by atoms with Crippen molar-refractivity contribution in [3.8, 4) is 0 Å². The van der Waals surface area contributed by atoms with E-state index >= 15 is 0 Å². The summed E-state index contributed by atoms with van der Waals surface area (Å²) in [6.07, 6.45) is 4.27. The van der Waals surface area contributed by atoms with Crippen LogP contribution in [0.4, 0.5) is 0 Å². The molecule has 23 heavy (non-hydrogen) atoms. The van der Waals surface area contributed by atoms with Gasteiger partial charge in [-0.15, -0.1) is 0 Å². The molecule has 1 aliphatic heterocycles. The van der Waals surface area contributed by atoms with Gasteiger partial charge in [-0.2, -0.15) is 0 Å². The Morgan fingerprint density at radius 2 is 2.26 bits per heavy atom. The van der Waals surface area contributed by atoms with Crippen LogP contribution >= 0.6 is 0 Å². The van der Waals surface area contributed by atoms with Crippen LogP contribution in [0.5, 0.6) is 0 Å². The minimum atomic E-state index is -0.237. The van der Waals surface area contributed by atoms with E-state index in [0.717, 1.165) is 43.6 Å². The Hall–Kier alpha value is -1.40. The maximum absolute atomic E-state index is 12.2. The average Bonchev–Trinajstić information content (AvgIpc) is 3.12. The van der Waals surface area contributed by atoms with E-state index in [-0.39, 0.29) is 18.4 Å². The fourth-order valence-electron chi connectivity index (χ4n) is 3.44. The molecule has 1 aliphatic rings. The first-order valence-corrected chi connectivity index (χ1v) is 8.60. The molecule has 1 fully saturated rings. The van der Waals surface area contributed by atoms with Crippen molar-refractivity contribution in [2.45, 2.75) is 58.4 Å². The molecule has 1 amide bonds. The van der Waals surface area contributed by atoms with E-state index in [9.17, 15) is 9.90 Å². The first-order chi connectivity index (χ1) is 11.0. The number of aromatic nitrogens is 1. The predicted molar refractivity (Wildman–Crippen MR) is 88.3 cm³/mol. The third-order valence-corrected chi connectivity index (χ3v) is 4.80. The lowest BCUT2D eigenvalue weighted by molar-refractivity contribution is -0.122. The quantitative estimate of drug-likeness (QED) is 0.713. The van der Waals surface area contributed by atoms with Crippen molar-refractivity contribution < 1.29 is 14.4 Å². The molecule has 0 spiro atoms. The fraction of sp³-hybridized carbons (Fsp3) is 0.765. The summed E-state index contributed by atoms with van der Waals surface area (Å²) in [5.74, 6) is 0.502. The van der Waals surface area contributed by atoms with Crippen LogP contribution in [0.2, 0.25) is 0 Å². The van der Waals surface area contributed by atoms with Gasteiger partial charge in [0.25, 0.3) is 0 Å². The summed E-state index contributed by atoms with van der Waals surface area (Å²) in [5, 5.41) is 16.2. The van der Waals surface area contributed by atoms with Crippen molar-refractivity contribution in [1.29, 1.82) is 0 Å². The van der Waals surface area contributed by atoms with Gasteiger partial charge in [0.15, 0.2) is 0 Å². The first-order valence-electron chi connectivity index (χ1n) is 8.60. The van der Waals surface area contributed by atoms with Crippen LogP contribution in [0.15, 0.2) is 4.52 Å². The Morgan fingerprint density at radius 3 is 2.91 bits per heavy atom. The molecule has 130 valence electrons. The van der Waals surface area contributed by atoms with Crippen LogP contribution in [0.25, 0.3) is 0 Å². The van der Waals surface area contributed by atoms with Gasteiger partial charge in [0.05, 0.1) is 18.2 Å². The highest BCUT2D eigenvalue weighted by molar-refractivity contribution is 5.83. The normalized spacial score (nSPS) is 19.9. The zero-order chi connectivity index (χ0) is 16.8. The maximum Gasteiger partial charge on any atom is 0.227 e. The van der Waals surface area contributed by atoms with Gasteiger partial charge < -0.3 is 14.9 Å². The molecule has 0 bridgehead atoms. The number of nitrogens with one attached hydrogen (secondary N) is 1. The Balaban J connectivity index is 1.67. The van der Waals surface area contributed by atoms with E-state index in [4.69, 9.17) is 4.52 Å². The van der Waals surface area contributed by atoms with Crippen LogP contribution in [0.3, 0.4) is 0 Å². The van der Waals surface area contributed by atoms with E-state index in [0.29, 0.717) is 18.3 Å². The van der Waals surface area contributed by atoms with Crippen LogP contribution in [0.1, 0.15) is 55.5 Å². The smallest absolute Gasteiger partial charge is 0.227 e. The average molecular weight is 323 g/mol. The van der Waals surface area contributed by atoms with Gasteiger partial charge in [-0.3, -0.25) is 9.69 Å². The third-order valence-electron chi connectivity index (χ3n) is 4.80. The van der Waals surface area contributed by atoms with Crippen molar-refractivity contribution in [2.75, 3.05) is 26.2 Å². The van der Waals surface area contributed by atoms with Crippen LogP contribution in [-0.2, 0) is 4.79 Å². The molecule has 2 unspecified atom stereocenters. The van der Waals surface area contributed by atoms with Crippen molar-refractivity contribution in [2.24, 2.45) is 0 Å². The number of aryl methyl sites for hydroxylation is 2. The number of hydrogen-bond acceptors (Lipinski definition) is 5. The second kappa shape index (κ2) is 8.45. The lowest BCUT2D eigenvalue weighted by Crippen LogP contribution is -2.34. The molecule has 1 aromatic heterocycles.